The minimum absolute atomic E-state index is 0.0152. The number of hydrogen-bond acceptors (Lipinski definition) is 7. The van der Waals surface area contributed by atoms with Gasteiger partial charge >= 0.3 is 0 Å². The lowest BCUT2D eigenvalue weighted by Crippen LogP contribution is -2.10. The number of hydrazone groups is 1. The maximum Gasteiger partial charge on any atom is 0.203 e. The summed E-state index contributed by atoms with van der Waals surface area (Å²) < 4.78 is 21.4. The molecule has 1 heterocycles. The zero-order valence-electron chi connectivity index (χ0n) is 15.2. The van der Waals surface area contributed by atoms with Crippen LogP contribution in [0, 0.1) is 0 Å². The first-order valence-corrected chi connectivity index (χ1v) is 8.10. The summed E-state index contributed by atoms with van der Waals surface area (Å²) >= 11 is 0. The number of phenols is 1. The van der Waals surface area contributed by atoms with Crippen LogP contribution in [0.2, 0.25) is 0 Å². The second-order valence-electron chi connectivity index (χ2n) is 5.79. The minimum atomic E-state index is -0.0152. The molecule has 0 radical (unpaired) electrons. The Kier molecular flexibility index (Phi) is 5.06. The highest BCUT2D eigenvalue weighted by molar-refractivity contribution is 6.02. The van der Waals surface area contributed by atoms with Gasteiger partial charge in [0.1, 0.15) is 0 Å². The first-order chi connectivity index (χ1) is 12.6. The zero-order valence-corrected chi connectivity index (χ0v) is 15.2. The molecule has 1 aliphatic heterocycles. The lowest BCUT2D eigenvalue weighted by atomic mass is 9.98. The van der Waals surface area contributed by atoms with E-state index in [9.17, 15) is 5.11 Å². The molecule has 0 saturated heterocycles. The molecular weight excluding hydrogens is 336 g/mol. The minimum Gasteiger partial charge on any atom is -0.504 e. The summed E-state index contributed by atoms with van der Waals surface area (Å²) in [5.74, 6) is 2.26. The van der Waals surface area contributed by atoms with Crippen molar-refractivity contribution in [3.8, 4) is 28.7 Å². The van der Waals surface area contributed by atoms with Crippen LogP contribution in [0.3, 0.4) is 0 Å². The Morgan fingerprint density at radius 2 is 1.58 bits per heavy atom. The highest BCUT2D eigenvalue weighted by Gasteiger charge is 2.24. The standard InChI is InChI=1S/C19H22N2O5/c1-23-16-7-11(5-6-15(16)22)13-10-14(21-20-13)12-8-17(24-2)19(26-4)18(9-12)25-3/h5-9,13,20,22H,10H2,1-4H3. The van der Waals surface area contributed by atoms with Gasteiger partial charge in [-0.25, -0.2) is 0 Å². The van der Waals surface area contributed by atoms with Crippen molar-refractivity contribution in [2.24, 2.45) is 5.10 Å². The average Bonchev–Trinajstić information content (AvgIpc) is 3.17. The number of phenolic OH excluding ortho intramolecular Hbond substituents is 1. The first-order valence-electron chi connectivity index (χ1n) is 8.10. The third-order valence-corrected chi connectivity index (χ3v) is 4.36. The Bertz CT molecular complexity index is 810. The van der Waals surface area contributed by atoms with Crippen molar-refractivity contribution in [3.05, 3.63) is 41.5 Å². The van der Waals surface area contributed by atoms with E-state index in [1.807, 2.05) is 18.2 Å². The van der Waals surface area contributed by atoms with Gasteiger partial charge in [0, 0.05) is 12.0 Å². The molecule has 2 aromatic rings. The summed E-state index contributed by atoms with van der Waals surface area (Å²) in [7, 11) is 6.27. The van der Waals surface area contributed by atoms with Crippen molar-refractivity contribution < 1.29 is 24.1 Å². The molecule has 0 aromatic heterocycles. The van der Waals surface area contributed by atoms with E-state index in [1.165, 1.54) is 7.11 Å². The summed E-state index contributed by atoms with van der Waals surface area (Å²) in [5.41, 5.74) is 5.88. The van der Waals surface area contributed by atoms with Gasteiger partial charge in [0.15, 0.2) is 23.0 Å². The topological polar surface area (TPSA) is 81.5 Å². The normalized spacial score (nSPS) is 15.8. The van der Waals surface area contributed by atoms with Gasteiger partial charge in [-0.2, -0.15) is 5.10 Å². The average molecular weight is 358 g/mol. The predicted octanol–water partition coefficient (Wildman–Crippen LogP) is 2.87. The van der Waals surface area contributed by atoms with Gasteiger partial charge in [-0.1, -0.05) is 6.07 Å². The lowest BCUT2D eigenvalue weighted by molar-refractivity contribution is 0.324. The fraction of sp³-hybridized carbons (Fsp3) is 0.316. The number of ether oxygens (including phenoxy) is 4. The van der Waals surface area contributed by atoms with Gasteiger partial charge in [-0.3, -0.25) is 0 Å². The zero-order chi connectivity index (χ0) is 18.7. The molecule has 138 valence electrons. The molecule has 2 aromatic carbocycles. The SMILES string of the molecule is COc1cc(C2CC(c3cc(OC)c(OC)c(OC)c3)=NN2)ccc1O. The van der Waals surface area contributed by atoms with Crippen LogP contribution in [0.5, 0.6) is 28.7 Å². The lowest BCUT2D eigenvalue weighted by Gasteiger charge is -2.14. The van der Waals surface area contributed by atoms with Gasteiger partial charge in [-0.05, 0) is 29.8 Å². The smallest absolute Gasteiger partial charge is 0.203 e. The van der Waals surface area contributed by atoms with E-state index in [0.29, 0.717) is 29.4 Å². The van der Waals surface area contributed by atoms with E-state index >= 15 is 0 Å². The third-order valence-electron chi connectivity index (χ3n) is 4.36. The highest BCUT2D eigenvalue weighted by atomic mass is 16.5. The monoisotopic (exact) mass is 358 g/mol. The van der Waals surface area contributed by atoms with Crippen molar-refractivity contribution in [2.75, 3.05) is 28.4 Å². The molecule has 2 N–H and O–H groups in total. The van der Waals surface area contributed by atoms with Gasteiger partial charge in [0.05, 0.1) is 40.2 Å². The summed E-state index contributed by atoms with van der Waals surface area (Å²) in [4.78, 5) is 0. The molecule has 3 rings (SSSR count). The summed E-state index contributed by atoms with van der Waals surface area (Å²) in [6, 6.07) is 9.01. The molecule has 0 amide bonds. The van der Waals surface area contributed by atoms with Crippen LogP contribution < -0.4 is 24.4 Å². The molecule has 0 aliphatic carbocycles. The van der Waals surface area contributed by atoms with Crippen LogP contribution in [-0.2, 0) is 0 Å². The van der Waals surface area contributed by atoms with Crippen molar-refractivity contribution in [3.63, 3.8) is 0 Å². The van der Waals surface area contributed by atoms with E-state index in [2.05, 4.69) is 10.5 Å². The van der Waals surface area contributed by atoms with Crippen molar-refractivity contribution >= 4 is 5.71 Å². The molecule has 26 heavy (non-hydrogen) atoms. The Balaban J connectivity index is 1.87. The fourth-order valence-corrected chi connectivity index (χ4v) is 2.97. The Morgan fingerprint density at radius 1 is 0.923 bits per heavy atom. The quantitative estimate of drug-likeness (QED) is 0.826. The summed E-state index contributed by atoms with van der Waals surface area (Å²) in [6.45, 7) is 0. The second kappa shape index (κ2) is 7.43. The predicted molar refractivity (Wildman–Crippen MR) is 97.8 cm³/mol. The van der Waals surface area contributed by atoms with Gasteiger partial charge < -0.3 is 29.5 Å². The number of benzene rings is 2. The maximum absolute atomic E-state index is 9.76. The van der Waals surface area contributed by atoms with E-state index in [4.69, 9.17) is 18.9 Å². The molecule has 1 atom stereocenters. The number of nitrogens with zero attached hydrogens (tertiary/aromatic N) is 1. The van der Waals surface area contributed by atoms with E-state index in [0.717, 1.165) is 16.8 Å². The summed E-state index contributed by atoms with van der Waals surface area (Å²) in [6.07, 6.45) is 0.673. The van der Waals surface area contributed by atoms with Gasteiger partial charge in [-0.15, -0.1) is 0 Å². The Hall–Kier alpha value is -3.09. The second-order valence-corrected chi connectivity index (χ2v) is 5.79. The molecule has 1 aliphatic rings. The number of nitrogens with one attached hydrogen (secondary N) is 1. The number of hydrogen-bond donors (Lipinski definition) is 2. The van der Waals surface area contributed by atoms with Crippen molar-refractivity contribution in [2.45, 2.75) is 12.5 Å². The molecule has 0 fully saturated rings. The van der Waals surface area contributed by atoms with Crippen LogP contribution in [0.15, 0.2) is 35.4 Å². The third kappa shape index (κ3) is 3.20. The summed E-state index contributed by atoms with van der Waals surface area (Å²) in [5, 5.41) is 14.2. The number of rotatable bonds is 6. The van der Waals surface area contributed by atoms with Gasteiger partial charge in [0.2, 0.25) is 5.75 Å². The first kappa shape index (κ1) is 17.7. The molecular formula is C19H22N2O5. The van der Waals surface area contributed by atoms with E-state index < -0.39 is 0 Å². The number of methoxy groups -OCH3 is 4. The fourth-order valence-electron chi connectivity index (χ4n) is 2.97. The van der Waals surface area contributed by atoms with Crippen LogP contribution in [-0.4, -0.2) is 39.3 Å². The Labute approximate surface area is 152 Å². The van der Waals surface area contributed by atoms with Crippen LogP contribution in [0.1, 0.15) is 23.6 Å². The van der Waals surface area contributed by atoms with Gasteiger partial charge in [0.25, 0.3) is 0 Å². The molecule has 0 saturated carbocycles. The van der Waals surface area contributed by atoms with Crippen molar-refractivity contribution in [1.29, 1.82) is 0 Å². The Morgan fingerprint density at radius 3 is 2.15 bits per heavy atom. The maximum atomic E-state index is 9.76. The largest absolute Gasteiger partial charge is 0.504 e. The number of aromatic hydroxyl groups is 1. The van der Waals surface area contributed by atoms with E-state index in [-0.39, 0.29) is 11.8 Å². The van der Waals surface area contributed by atoms with Crippen molar-refractivity contribution in [1.82, 2.24) is 5.43 Å². The van der Waals surface area contributed by atoms with Crippen LogP contribution >= 0.6 is 0 Å². The molecule has 7 heteroatoms. The van der Waals surface area contributed by atoms with Crippen LogP contribution in [0.25, 0.3) is 0 Å². The van der Waals surface area contributed by atoms with Crippen LogP contribution in [0.4, 0.5) is 0 Å². The molecule has 7 nitrogen and oxygen atoms in total. The highest BCUT2D eigenvalue weighted by Crippen LogP contribution is 2.40. The molecule has 1 unspecified atom stereocenters. The molecule has 0 bridgehead atoms. The molecule has 0 spiro atoms. The van der Waals surface area contributed by atoms with E-state index in [1.54, 1.807) is 33.5 Å².